The van der Waals surface area contributed by atoms with Gasteiger partial charge in [-0.3, -0.25) is 4.79 Å². The summed E-state index contributed by atoms with van der Waals surface area (Å²) in [6.07, 6.45) is 2.83. The third-order valence-electron chi connectivity index (χ3n) is 8.74. The molecule has 2 aromatic carbocycles. The molecule has 0 bridgehead atoms. The maximum Gasteiger partial charge on any atom is 0.410 e. The van der Waals surface area contributed by atoms with Crippen molar-refractivity contribution < 1.29 is 46.8 Å². The first-order chi connectivity index (χ1) is 23.4. The van der Waals surface area contributed by atoms with Gasteiger partial charge in [-0.25, -0.2) is 13.6 Å². The van der Waals surface area contributed by atoms with Gasteiger partial charge in [0.1, 0.15) is 23.6 Å². The van der Waals surface area contributed by atoms with Crippen LogP contribution in [0.3, 0.4) is 0 Å². The number of amides is 2. The van der Waals surface area contributed by atoms with Crippen molar-refractivity contribution in [3.8, 4) is 5.75 Å². The molecule has 1 saturated heterocycles. The lowest BCUT2D eigenvalue weighted by molar-refractivity contribution is -0.169. The first-order valence-electron chi connectivity index (χ1n) is 17.0. The number of halogens is 2. The lowest BCUT2D eigenvalue weighted by Crippen LogP contribution is -2.59. The zero-order chi connectivity index (χ0) is 35.6. The number of aryl methyl sites for hydroxylation is 1. The molecule has 2 atom stereocenters. The second-order valence-electron chi connectivity index (χ2n) is 13.7. The molecule has 12 heteroatoms. The Bertz CT molecular complexity index is 1370. The molecule has 1 heterocycles. The number of rotatable bonds is 17. The predicted octanol–water partition coefficient (Wildman–Crippen LogP) is 5.88. The van der Waals surface area contributed by atoms with Gasteiger partial charge in [-0.2, -0.15) is 0 Å². The number of hydrogen-bond acceptors (Lipinski definition) is 8. The first-order valence-corrected chi connectivity index (χ1v) is 17.0. The minimum Gasteiger partial charge on any atom is -0.491 e. The quantitative estimate of drug-likeness (QED) is 0.190. The van der Waals surface area contributed by atoms with Crippen LogP contribution >= 0.6 is 0 Å². The average Bonchev–Trinajstić information content (AvgIpc) is 3.90. The zero-order valence-electron chi connectivity index (χ0n) is 29.7. The maximum absolute atomic E-state index is 15.0. The summed E-state index contributed by atoms with van der Waals surface area (Å²) in [5, 5.41) is 0. The summed E-state index contributed by atoms with van der Waals surface area (Å²) in [5.74, 6) is -2.57. The molecule has 2 fully saturated rings. The Hall–Kier alpha value is -3.32. The normalized spacial score (nSPS) is 19.5. The van der Waals surface area contributed by atoms with Crippen molar-refractivity contribution in [2.45, 2.75) is 76.7 Å². The molecular weight excluding hydrogens is 638 g/mol. The molecule has 1 aliphatic heterocycles. The molecular formula is C37H52F2N2O8. The van der Waals surface area contributed by atoms with Crippen LogP contribution in [0.15, 0.2) is 36.4 Å². The van der Waals surface area contributed by atoms with Crippen molar-refractivity contribution >= 4 is 12.0 Å². The fraction of sp³-hybridized carbons (Fsp3) is 0.622. The minimum atomic E-state index is -1.37. The molecule has 1 aliphatic carbocycles. The number of methoxy groups -OCH3 is 3. The number of piperidine rings is 1. The summed E-state index contributed by atoms with van der Waals surface area (Å²) in [6.45, 7) is 7.51. The van der Waals surface area contributed by atoms with Crippen LogP contribution in [-0.4, -0.2) is 101 Å². The van der Waals surface area contributed by atoms with Crippen molar-refractivity contribution in [2.24, 2.45) is 5.92 Å². The molecule has 0 N–H and O–H groups in total. The van der Waals surface area contributed by atoms with E-state index in [1.807, 2.05) is 17.0 Å². The van der Waals surface area contributed by atoms with E-state index < -0.39 is 34.8 Å². The molecule has 0 radical (unpaired) electrons. The SMILES string of the molecule is COCCCc1cc(CN(C(=O)[C@H]2CN(C(=O)OC(C)(C)C)CC[C@]2(OCCOC)c2ccc(F)c(F)c2)C2CC2)cc(OCCOC)c1. The number of benzene rings is 2. The van der Waals surface area contributed by atoms with Gasteiger partial charge in [0.2, 0.25) is 5.91 Å². The molecule has 2 aliphatic rings. The second-order valence-corrected chi connectivity index (χ2v) is 13.7. The fourth-order valence-corrected chi connectivity index (χ4v) is 6.25. The Morgan fingerprint density at radius 2 is 1.59 bits per heavy atom. The van der Waals surface area contributed by atoms with Crippen LogP contribution in [0.25, 0.3) is 0 Å². The summed E-state index contributed by atoms with van der Waals surface area (Å²) in [6, 6.07) is 9.59. The van der Waals surface area contributed by atoms with Gasteiger partial charge in [0.15, 0.2) is 11.6 Å². The van der Waals surface area contributed by atoms with Gasteiger partial charge in [-0.15, -0.1) is 0 Å². The average molecular weight is 691 g/mol. The summed E-state index contributed by atoms with van der Waals surface area (Å²) < 4.78 is 63.0. The van der Waals surface area contributed by atoms with E-state index in [9.17, 15) is 13.6 Å². The van der Waals surface area contributed by atoms with E-state index in [0.717, 1.165) is 48.9 Å². The monoisotopic (exact) mass is 690 g/mol. The molecule has 2 aromatic rings. The van der Waals surface area contributed by atoms with Crippen molar-refractivity contribution in [3.63, 3.8) is 0 Å². The fourth-order valence-electron chi connectivity index (χ4n) is 6.25. The van der Waals surface area contributed by atoms with Crippen LogP contribution in [0.4, 0.5) is 13.6 Å². The smallest absolute Gasteiger partial charge is 0.410 e. The van der Waals surface area contributed by atoms with Crippen LogP contribution in [0.2, 0.25) is 0 Å². The summed E-state index contributed by atoms with van der Waals surface area (Å²) in [4.78, 5) is 31.7. The van der Waals surface area contributed by atoms with Crippen molar-refractivity contribution in [2.75, 3.05) is 67.5 Å². The molecule has 4 rings (SSSR count). The van der Waals surface area contributed by atoms with Gasteiger partial charge in [-0.05, 0) is 93.8 Å². The van der Waals surface area contributed by atoms with Crippen molar-refractivity contribution in [1.29, 1.82) is 0 Å². The van der Waals surface area contributed by atoms with Gasteiger partial charge in [0.05, 0.1) is 25.7 Å². The Balaban J connectivity index is 1.74. The Morgan fingerprint density at radius 1 is 0.898 bits per heavy atom. The minimum absolute atomic E-state index is 0.0268. The standard InChI is InChI=1S/C37H52F2N2O8/c1-36(2,3)49-35(43)40-14-13-37(48-19-17-46-6,28-9-12-32(38)33(39)23-28)31(25-40)34(42)41(29-10-11-29)24-27-20-26(8-7-15-44-4)21-30(22-27)47-18-16-45-5/h9,12,20-23,29,31H,7-8,10-11,13-19,24-25H2,1-6H3/t31-,37+/m1/s1. The maximum atomic E-state index is 15.0. The summed E-state index contributed by atoms with van der Waals surface area (Å²) in [5.41, 5.74) is 0.150. The zero-order valence-corrected chi connectivity index (χ0v) is 29.7. The van der Waals surface area contributed by atoms with Gasteiger partial charge in [-0.1, -0.05) is 12.1 Å². The highest BCUT2D eigenvalue weighted by Crippen LogP contribution is 2.44. The van der Waals surface area contributed by atoms with E-state index in [2.05, 4.69) is 6.07 Å². The van der Waals surface area contributed by atoms with E-state index in [1.54, 1.807) is 35.0 Å². The van der Waals surface area contributed by atoms with Crippen LogP contribution in [-0.2, 0) is 47.0 Å². The van der Waals surface area contributed by atoms with E-state index in [4.69, 9.17) is 28.4 Å². The molecule has 2 amide bonds. The van der Waals surface area contributed by atoms with Crippen LogP contribution in [0.1, 0.15) is 63.1 Å². The molecule has 0 spiro atoms. The highest BCUT2D eigenvalue weighted by molar-refractivity contribution is 5.82. The van der Waals surface area contributed by atoms with Crippen LogP contribution in [0, 0.1) is 17.6 Å². The molecule has 49 heavy (non-hydrogen) atoms. The summed E-state index contributed by atoms with van der Waals surface area (Å²) in [7, 11) is 4.82. The van der Waals surface area contributed by atoms with Gasteiger partial charge in [0.25, 0.3) is 0 Å². The van der Waals surface area contributed by atoms with Crippen molar-refractivity contribution in [1.82, 2.24) is 9.80 Å². The van der Waals surface area contributed by atoms with E-state index >= 15 is 4.79 Å². The lowest BCUT2D eigenvalue weighted by atomic mass is 9.74. The predicted molar refractivity (Wildman–Crippen MR) is 179 cm³/mol. The van der Waals surface area contributed by atoms with Gasteiger partial charge in [0, 0.05) is 53.6 Å². The van der Waals surface area contributed by atoms with Gasteiger partial charge < -0.3 is 38.2 Å². The third kappa shape index (κ3) is 10.6. The lowest BCUT2D eigenvalue weighted by Gasteiger charge is -2.48. The van der Waals surface area contributed by atoms with E-state index in [0.29, 0.717) is 31.1 Å². The molecule has 272 valence electrons. The van der Waals surface area contributed by atoms with Crippen LogP contribution < -0.4 is 4.74 Å². The number of hydrogen-bond donors (Lipinski definition) is 0. The van der Waals surface area contributed by atoms with E-state index in [-0.39, 0.29) is 51.2 Å². The molecule has 1 saturated carbocycles. The number of ether oxygens (including phenoxy) is 6. The third-order valence-corrected chi connectivity index (χ3v) is 8.74. The Labute approximate surface area is 288 Å². The van der Waals surface area contributed by atoms with Crippen molar-refractivity contribution in [3.05, 3.63) is 64.7 Å². The number of likely N-dealkylation sites (tertiary alicyclic amines) is 1. The Morgan fingerprint density at radius 3 is 2.24 bits per heavy atom. The van der Waals surface area contributed by atoms with E-state index in [1.165, 1.54) is 18.1 Å². The first kappa shape index (κ1) is 38.5. The Kier molecular flexibility index (Phi) is 13.8. The van der Waals surface area contributed by atoms with Crippen LogP contribution in [0.5, 0.6) is 5.75 Å². The summed E-state index contributed by atoms with van der Waals surface area (Å²) >= 11 is 0. The molecule has 0 aromatic heterocycles. The number of nitrogens with zero attached hydrogens (tertiary/aromatic N) is 2. The number of carbonyl (C=O) groups excluding carboxylic acids is 2. The molecule has 0 unspecified atom stereocenters. The largest absolute Gasteiger partial charge is 0.491 e. The number of carbonyl (C=O) groups is 2. The topological polar surface area (TPSA) is 96.0 Å². The highest BCUT2D eigenvalue weighted by atomic mass is 19.2. The van der Waals surface area contributed by atoms with Gasteiger partial charge >= 0.3 is 6.09 Å². The highest BCUT2D eigenvalue weighted by Gasteiger charge is 2.53. The molecule has 10 nitrogen and oxygen atoms in total. The second kappa shape index (κ2) is 17.6.